The smallest absolute Gasteiger partial charge is 0.136 e. The van der Waals surface area contributed by atoms with Crippen molar-refractivity contribution in [2.24, 2.45) is 11.3 Å². The predicted molar refractivity (Wildman–Crippen MR) is 53.2 cm³/mol. The number of ketones is 1. The average molecular weight is 170 g/mol. The lowest BCUT2D eigenvalue weighted by Crippen LogP contribution is -2.25. The predicted octanol–water partition coefficient (Wildman–Crippen LogP) is 3.43. The van der Waals surface area contributed by atoms with Crippen molar-refractivity contribution in [3.8, 4) is 0 Å². The van der Waals surface area contributed by atoms with Crippen LogP contribution in [0.3, 0.4) is 0 Å². The molecule has 0 bridgehead atoms. The van der Waals surface area contributed by atoms with Crippen molar-refractivity contribution in [3.05, 3.63) is 0 Å². The lowest BCUT2D eigenvalue weighted by molar-refractivity contribution is -0.125. The molecule has 0 amide bonds. The molecule has 72 valence electrons. The van der Waals surface area contributed by atoms with Crippen molar-refractivity contribution in [1.29, 1.82) is 0 Å². The minimum absolute atomic E-state index is 0.130. The fourth-order valence-corrected chi connectivity index (χ4v) is 1.05. The molecule has 0 aliphatic rings. The highest BCUT2D eigenvalue weighted by molar-refractivity contribution is 5.81. The second-order valence-corrected chi connectivity index (χ2v) is 4.66. The fourth-order valence-electron chi connectivity index (χ4n) is 1.05. The Morgan fingerprint density at radius 1 is 1.33 bits per heavy atom. The Bertz CT molecular complexity index is 142. The normalized spacial score (nSPS) is 14.4. The van der Waals surface area contributed by atoms with Crippen molar-refractivity contribution >= 4 is 5.78 Å². The van der Waals surface area contributed by atoms with Crippen LogP contribution < -0.4 is 0 Å². The molecule has 1 nitrogen and oxygen atoms in total. The first-order valence-corrected chi connectivity index (χ1v) is 4.92. The number of unbranched alkanes of at least 4 members (excludes halogenated alkanes) is 1. The number of carbonyl (C=O) groups excluding carboxylic acids is 1. The average Bonchev–Trinajstić information content (AvgIpc) is 1.97. The van der Waals surface area contributed by atoms with Gasteiger partial charge in [0.05, 0.1) is 0 Å². The van der Waals surface area contributed by atoms with E-state index in [0.29, 0.717) is 5.78 Å². The first kappa shape index (κ1) is 11.7. The van der Waals surface area contributed by atoms with E-state index in [1.807, 2.05) is 6.92 Å². The molecule has 0 aromatic rings. The molecule has 12 heavy (non-hydrogen) atoms. The number of hydrogen-bond acceptors (Lipinski definition) is 1. The van der Waals surface area contributed by atoms with Crippen LogP contribution in [0.25, 0.3) is 0 Å². The molecule has 0 aromatic heterocycles. The highest BCUT2D eigenvalue weighted by atomic mass is 16.1. The first-order valence-electron chi connectivity index (χ1n) is 4.92. The van der Waals surface area contributed by atoms with Gasteiger partial charge < -0.3 is 0 Å². The summed E-state index contributed by atoms with van der Waals surface area (Å²) in [4.78, 5) is 11.5. The Morgan fingerprint density at radius 2 is 1.83 bits per heavy atom. The summed E-state index contributed by atoms with van der Waals surface area (Å²) < 4.78 is 0. The summed E-state index contributed by atoms with van der Waals surface area (Å²) in [5.74, 6) is 0.619. The van der Waals surface area contributed by atoms with E-state index in [4.69, 9.17) is 0 Å². The lowest BCUT2D eigenvalue weighted by atomic mass is 9.78. The van der Waals surface area contributed by atoms with E-state index in [1.165, 1.54) is 0 Å². The van der Waals surface area contributed by atoms with Crippen LogP contribution in [0.4, 0.5) is 0 Å². The molecule has 0 aliphatic heterocycles. The highest BCUT2D eigenvalue weighted by Crippen LogP contribution is 2.27. The number of rotatable bonds is 4. The Kier molecular flexibility index (Phi) is 4.51. The van der Waals surface area contributed by atoms with Crippen molar-refractivity contribution in [3.63, 3.8) is 0 Å². The van der Waals surface area contributed by atoms with Gasteiger partial charge in [-0.15, -0.1) is 0 Å². The Hall–Kier alpha value is -0.330. The van der Waals surface area contributed by atoms with E-state index in [9.17, 15) is 4.79 Å². The summed E-state index contributed by atoms with van der Waals surface area (Å²) in [5.41, 5.74) is 0.130. The van der Waals surface area contributed by atoms with Crippen molar-refractivity contribution in [1.82, 2.24) is 0 Å². The lowest BCUT2D eigenvalue weighted by Gasteiger charge is -2.25. The van der Waals surface area contributed by atoms with E-state index < -0.39 is 0 Å². The van der Waals surface area contributed by atoms with Crippen LogP contribution >= 0.6 is 0 Å². The molecule has 0 aliphatic carbocycles. The second kappa shape index (κ2) is 4.64. The van der Waals surface area contributed by atoms with Crippen LogP contribution in [-0.2, 0) is 4.79 Å². The molecule has 1 heteroatoms. The van der Waals surface area contributed by atoms with Crippen LogP contribution in [-0.4, -0.2) is 5.78 Å². The maximum absolute atomic E-state index is 11.5. The molecule has 0 rings (SSSR count). The largest absolute Gasteiger partial charge is 0.299 e. The van der Waals surface area contributed by atoms with Crippen LogP contribution in [0.5, 0.6) is 0 Å². The van der Waals surface area contributed by atoms with Gasteiger partial charge in [-0.05, 0) is 11.8 Å². The van der Waals surface area contributed by atoms with Crippen LogP contribution in [0.2, 0.25) is 0 Å². The summed E-state index contributed by atoms with van der Waals surface area (Å²) in [6.07, 6.45) is 2.91. The zero-order chi connectivity index (χ0) is 9.78. The van der Waals surface area contributed by atoms with E-state index in [0.717, 1.165) is 19.3 Å². The second-order valence-electron chi connectivity index (χ2n) is 4.66. The molecule has 0 radical (unpaired) electrons. The molecule has 0 fully saturated rings. The van der Waals surface area contributed by atoms with Crippen LogP contribution in [0, 0.1) is 11.3 Å². The van der Waals surface area contributed by atoms with Gasteiger partial charge in [0.15, 0.2) is 0 Å². The number of carbonyl (C=O) groups is 1. The summed E-state index contributed by atoms with van der Waals surface area (Å²) in [6.45, 7) is 10.5. The third kappa shape index (κ3) is 3.89. The summed E-state index contributed by atoms with van der Waals surface area (Å²) in [7, 11) is 0. The van der Waals surface area contributed by atoms with E-state index in [-0.39, 0.29) is 11.3 Å². The number of hydrogen-bond donors (Lipinski definition) is 0. The van der Waals surface area contributed by atoms with Gasteiger partial charge >= 0.3 is 0 Å². The van der Waals surface area contributed by atoms with Crippen LogP contribution in [0.15, 0.2) is 0 Å². The summed E-state index contributed by atoms with van der Waals surface area (Å²) >= 11 is 0. The van der Waals surface area contributed by atoms with Gasteiger partial charge in [-0.25, -0.2) is 0 Å². The molecule has 0 N–H and O–H groups in total. The summed E-state index contributed by atoms with van der Waals surface area (Å²) in [5, 5.41) is 0. The third-order valence-electron chi connectivity index (χ3n) is 2.56. The summed E-state index contributed by atoms with van der Waals surface area (Å²) in [6, 6.07) is 0. The van der Waals surface area contributed by atoms with Gasteiger partial charge in [-0.2, -0.15) is 0 Å². The van der Waals surface area contributed by atoms with Gasteiger partial charge in [0.25, 0.3) is 0 Å². The molecule has 0 heterocycles. The number of Topliss-reactive ketones (excluding diaryl/α,β-unsaturated/α-hetero) is 1. The van der Waals surface area contributed by atoms with Crippen LogP contribution in [0.1, 0.15) is 53.9 Å². The minimum Gasteiger partial charge on any atom is -0.299 e. The molecule has 0 saturated heterocycles. The standard InChI is InChI=1S/C11H22O/c1-6-7-8-10(12)9(2)11(3,4)5/h9H,6-8H2,1-5H3/t9-/m1/s1. The molecule has 1 atom stereocenters. The maximum Gasteiger partial charge on any atom is 0.136 e. The highest BCUT2D eigenvalue weighted by Gasteiger charge is 2.25. The van der Waals surface area contributed by atoms with E-state index >= 15 is 0 Å². The van der Waals surface area contributed by atoms with E-state index in [2.05, 4.69) is 27.7 Å². The first-order chi connectivity index (χ1) is 5.39. The Balaban J connectivity index is 3.94. The minimum atomic E-state index is 0.130. The molecular weight excluding hydrogens is 148 g/mol. The van der Waals surface area contributed by atoms with Gasteiger partial charge in [-0.1, -0.05) is 41.0 Å². The van der Waals surface area contributed by atoms with Gasteiger partial charge in [-0.3, -0.25) is 4.79 Å². The molecule has 0 saturated carbocycles. The van der Waals surface area contributed by atoms with Crippen molar-refractivity contribution in [2.45, 2.75) is 53.9 Å². The Labute approximate surface area is 76.6 Å². The van der Waals surface area contributed by atoms with Crippen molar-refractivity contribution < 1.29 is 4.79 Å². The molecule has 0 unspecified atom stereocenters. The monoisotopic (exact) mass is 170 g/mol. The van der Waals surface area contributed by atoms with Crippen molar-refractivity contribution in [2.75, 3.05) is 0 Å². The SMILES string of the molecule is CCCCC(=O)[C@@H](C)C(C)(C)C. The van der Waals surface area contributed by atoms with Gasteiger partial charge in [0, 0.05) is 12.3 Å². The maximum atomic E-state index is 11.5. The Morgan fingerprint density at radius 3 is 2.17 bits per heavy atom. The van der Waals surface area contributed by atoms with Gasteiger partial charge in [0.1, 0.15) is 5.78 Å². The quantitative estimate of drug-likeness (QED) is 0.631. The molecule has 0 aromatic carbocycles. The third-order valence-corrected chi connectivity index (χ3v) is 2.56. The molecule has 0 spiro atoms. The zero-order valence-corrected chi connectivity index (χ0v) is 9.11. The van der Waals surface area contributed by atoms with E-state index in [1.54, 1.807) is 0 Å². The topological polar surface area (TPSA) is 17.1 Å². The fraction of sp³-hybridized carbons (Fsp3) is 0.909. The zero-order valence-electron chi connectivity index (χ0n) is 9.11. The molecular formula is C11H22O. The van der Waals surface area contributed by atoms with Gasteiger partial charge in [0.2, 0.25) is 0 Å².